The third kappa shape index (κ3) is 4.61. The number of nitrogens with zero attached hydrogens (tertiary/aromatic N) is 2. The highest BCUT2D eigenvalue weighted by Crippen LogP contribution is 2.19. The van der Waals surface area contributed by atoms with Crippen LogP contribution >= 0.6 is 23.4 Å². The van der Waals surface area contributed by atoms with E-state index in [0.717, 1.165) is 17.3 Å². The molecule has 0 saturated heterocycles. The Hall–Kier alpha value is -2.64. The maximum atomic E-state index is 13.6. The third-order valence-electron chi connectivity index (χ3n) is 4.04. The van der Waals surface area contributed by atoms with Gasteiger partial charge in [0.2, 0.25) is 5.91 Å². The summed E-state index contributed by atoms with van der Waals surface area (Å²) in [5, 5.41) is 3.35. The van der Waals surface area contributed by atoms with E-state index in [9.17, 15) is 14.0 Å². The number of hydrogen-bond acceptors (Lipinski definition) is 4. The van der Waals surface area contributed by atoms with E-state index in [2.05, 4.69) is 10.3 Å². The highest BCUT2D eigenvalue weighted by Gasteiger charge is 2.11. The van der Waals surface area contributed by atoms with Crippen molar-refractivity contribution in [1.82, 2.24) is 9.55 Å². The largest absolute Gasteiger partial charge is 0.325 e. The van der Waals surface area contributed by atoms with Crippen LogP contribution in [0.1, 0.15) is 11.1 Å². The molecule has 0 atom stereocenters. The first-order chi connectivity index (χ1) is 13.3. The summed E-state index contributed by atoms with van der Waals surface area (Å²) in [7, 11) is 0. The SMILES string of the molecule is Cc1ccc(NC(=O)CSc2nccn(-c3ccc(C)c(Cl)c3)c2=O)cc1F. The number of benzene rings is 2. The number of hydrogen-bond donors (Lipinski definition) is 1. The van der Waals surface area contributed by atoms with Gasteiger partial charge in [-0.3, -0.25) is 14.2 Å². The molecule has 3 rings (SSSR count). The van der Waals surface area contributed by atoms with Gasteiger partial charge in [-0.05, 0) is 49.2 Å². The van der Waals surface area contributed by atoms with Crippen LogP contribution in [0.15, 0.2) is 58.6 Å². The summed E-state index contributed by atoms with van der Waals surface area (Å²) in [4.78, 5) is 28.9. The molecule has 0 bridgehead atoms. The fraction of sp³-hybridized carbons (Fsp3) is 0.150. The highest BCUT2D eigenvalue weighted by atomic mass is 35.5. The Balaban J connectivity index is 1.72. The number of carbonyl (C=O) groups excluding carboxylic acids is 1. The third-order valence-corrected chi connectivity index (χ3v) is 5.41. The summed E-state index contributed by atoms with van der Waals surface area (Å²) >= 11 is 7.16. The second-order valence-corrected chi connectivity index (χ2v) is 7.51. The van der Waals surface area contributed by atoms with Crippen molar-refractivity contribution in [3.05, 3.63) is 81.1 Å². The predicted octanol–water partition coefficient (Wildman–Crippen LogP) is 4.37. The van der Waals surface area contributed by atoms with Gasteiger partial charge in [-0.25, -0.2) is 9.37 Å². The first-order valence-corrected chi connectivity index (χ1v) is 9.74. The number of halogens is 2. The van der Waals surface area contributed by atoms with Crippen LogP contribution in [0.25, 0.3) is 5.69 Å². The lowest BCUT2D eigenvalue weighted by molar-refractivity contribution is -0.113. The lowest BCUT2D eigenvalue weighted by Gasteiger charge is -2.09. The molecule has 0 aliphatic rings. The number of anilines is 1. The Bertz CT molecular complexity index is 1100. The van der Waals surface area contributed by atoms with Crippen molar-refractivity contribution in [2.24, 2.45) is 0 Å². The molecule has 2 aromatic carbocycles. The monoisotopic (exact) mass is 417 g/mol. The molecule has 1 amide bonds. The van der Waals surface area contributed by atoms with E-state index < -0.39 is 5.82 Å². The fourth-order valence-corrected chi connectivity index (χ4v) is 3.30. The van der Waals surface area contributed by atoms with Gasteiger partial charge in [0.05, 0.1) is 11.4 Å². The number of amides is 1. The molecule has 5 nitrogen and oxygen atoms in total. The molecule has 0 unspecified atom stereocenters. The molecule has 1 heterocycles. The number of nitrogens with one attached hydrogen (secondary N) is 1. The van der Waals surface area contributed by atoms with E-state index in [1.54, 1.807) is 37.4 Å². The van der Waals surface area contributed by atoms with E-state index in [-0.39, 0.29) is 22.2 Å². The summed E-state index contributed by atoms with van der Waals surface area (Å²) in [6.07, 6.45) is 3.04. The molecular formula is C20H17ClFN3O2S. The molecule has 1 aromatic heterocycles. The van der Waals surface area contributed by atoms with Crippen molar-refractivity contribution in [3.63, 3.8) is 0 Å². The molecule has 1 N–H and O–H groups in total. The molecule has 0 aliphatic heterocycles. The molecule has 28 heavy (non-hydrogen) atoms. The Morgan fingerprint density at radius 1 is 1.21 bits per heavy atom. The van der Waals surface area contributed by atoms with Gasteiger partial charge in [-0.2, -0.15) is 0 Å². The van der Waals surface area contributed by atoms with Gasteiger partial charge in [-0.1, -0.05) is 35.5 Å². The molecule has 3 aromatic rings. The molecule has 0 saturated carbocycles. The van der Waals surface area contributed by atoms with Crippen LogP contribution in [0.2, 0.25) is 5.02 Å². The van der Waals surface area contributed by atoms with Gasteiger partial charge in [0.25, 0.3) is 5.56 Å². The van der Waals surface area contributed by atoms with Crippen LogP contribution in [0.5, 0.6) is 0 Å². The number of rotatable bonds is 5. The van der Waals surface area contributed by atoms with E-state index in [1.807, 2.05) is 13.0 Å². The van der Waals surface area contributed by atoms with Gasteiger partial charge >= 0.3 is 0 Å². The van der Waals surface area contributed by atoms with Crippen LogP contribution < -0.4 is 10.9 Å². The molecular weight excluding hydrogens is 401 g/mol. The molecule has 8 heteroatoms. The maximum absolute atomic E-state index is 13.6. The zero-order valence-electron chi connectivity index (χ0n) is 15.2. The van der Waals surface area contributed by atoms with Gasteiger partial charge in [0, 0.05) is 23.1 Å². The van der Waals surface area contributed by atoms with Crippen molar-refractivity contribution in [2.75, 3.05) is 11.1 Å². The zero-order chi connectivity index (χ0) is 20.3. The Morgan fingerprint density at radius 2 is 1.96 bits per heavy atom. The molecule has 0 spiro atoms. The lowest BCUT2D eigenvalue weighted by Crippen LogP contribution is -2.22. The van der Waals surface area contributed by atoms with Crippen molar-refractivity contribution in [2.45, 2.75) is 18.9 Å². The summed E-state index contributed by atoms with van der Waals surface area (Å²) < 4.78 is 15.0. The van der Waals surface area contributed by atoms with Gasteiger partial charge in [0.1, 0.15) is 5.82 Å². The average Bonchev–Trinajstić information content (AvgIpc) is 2.66. The topological polar surface area (TPSA) is 64.0 Å². The van der Waals surface area contributed by atoms with Crippen LogP contribution in [-0.2, 0) is 4.79 Å². The molecule has 144 valence electrons. The summed E-state index contributed by atoms with van der Waals surface area (Å²) in [5.41, 5.74) is 2.04. The minimum Gasteiger partial charge on any atom is -0.325 e. The van der Waals surface area contributed by atoms with Crippen LogP contribution in [0, 0.1) is 19.7 Å². The first kappa shape index (κ1) is 20.1. The van der Waals surface area contributed by atoms with E-state index in [1.165, 1.54) is 16.8 Å². The summed E-state index contributed by atoms with van der Waals surface area (Å²) in [6.45, 7) is 3.52. The Morgan fingerprint density at radius 3 is 2.68 bits per heavy atom. The quantitative estimate of drug-likeness (QED) is 0.626. The van der Waals surface area contributed by atoms with Crippen LogP contribution in [0.3, 0.4) is 0 Å². The van der Waals surface area contributed by atoms with E-state index >= 15 is 0 Å². The first-order valence-electron chi connectivity index (χ1n) is 8.38. The van der Waals surface area contributed by atoms with Crippen molar-refractivity contribution >= 4 is 35.0 Å². The Labute approximate surface area is 170 Å². The minimum atomic E-state index is -0.394. The predicted molar refractivity (Wildman–Crippen MR) is 110 cm³/mol. The summed E-state index contributed by atoms with van der Waals surface area (Å²) in [5.74, 6) is -0.783. The standard InChI is InChI=1S/C20H17ClFN3O2S/c1-12-4-6-15(10-16(12)21)25-8-7-23-19(20(25)27)28-11-18(26)24-14-5-3-13(2)17(22)9-14/h3-10H,11H2,1-2H3,(H,24,26). The lowest BCUT2D eigenvalue weighted by atomic mass is 10.2. The molecule has 0 fully saturated rings. The van der Waals surface area contributed by atoms with Crippen molar-refractivity contribution in [3.8, 4) is 5.69 Å². The smallest absolute Gasteiger partial charge is 0.287 e. The van der Waals surface area contributed by atoms with Gasteiger partial charge < -0.3 is 5.32 Å². The molecule has 0 aliphatic carbocycles. The fourth-order valence-electron chi connectivity index (χ4n) is 2.43. The van der Waals surface area contributed by atoms with Crippen LogP contribution in [-0.4, -0.2) is 21.2 Å². The minimum absolute atomic E-state index is 0.0313. The maximum Gasteiger partial charge on any atom is 0.287 e. The van der Waals surface area contributed by atoms with E-state index in [4.69, 9.17) is 11.6 Å². The average molecular weight is 418 g/mol. The second-order valence-electron chi connectivity index (χ2n) is 6.14. The Kier molecular flexibility index (Phi) is 6.16. The number of carbonyl (C=O) groups is 1. The normalized spacial score (nSPS) is 10.7. The van der Waals surface area contributed by atoms with Crippen molar-refractivity contribution < 1.29 is 9.18 Å². The van der Waals surface area contributed by atoms with Crippen molar-refractivity contribution in [1.29, 1.82) is 0 Å². The second kappa shape index (κ2) is 8.58. The van der Waals surface area contributed by atoms with Gasteiger partial charge in [0.15, 0.2) is 5.03 Å². The van der Waals surface area contributed by atoms with Gasteiger partial charge in [-0.15, -0.1) is 0 Å². The highest BCUT2D eigenvalue weighted by molar-refractivity contribution is 7.99. The molecule has 0 radical (unpaired) electrons. The number of thioether (sulfide) groups is 1. The van der Waals surface area contributed by atoms with Crippen LogP contribution in [0.4, 0.5) is 10.1 Å². The number of aromatic nitrogens is 2. The van der Waals surface area contributed by atoms with E-state index in [0.29, 0.717) is 22.0 Å². The number of aryl methyl sites for hydroxylation is 2. The zero-order valence-corrected chi connectivity index (χ0v) is 16.8. The summed E-state index contributed by atoms with van der Waals surface area (Å²) in [6, 6.07) is 9.78.